The second kappa shape index (κ2) is 12.3. The van der Waals surface area contributed by atoms with Crippen LogP contribution in [0.15, 0.2) is 4.79 Å². The van der Waals surface area contributed by atoms with Crippen LogP contribution in [-0.2, 0) is 27.2 Å². The van der Waals surface area contributed by atoms with Crippen molar-refractivity contribution in [3.8, 4) is 0 Å². The first-order valence-corrected chi connectivity index (χ1v) is 11.3. The van der Waals surface area contributed by atoms with Crippen LogP contribution in [0.1, 0.15) is 48.3 Å². The first-order chi connectivity index (χ1) is 14.8. The fourth-order valence-corrected chi connectivity index (χ4v) is 4.52. The first-order valence-electron chi connectivity index (χ1n) is 10.4. The van der Waals surface area contributed by atoms with Crippen molar-refractivity contribution in [3.63, 3.8) is 0 Å². The van der Waals surface area contributed by atoms with Crippen molar-refractivity contribution < 1.29 is 24.1 Å². The number of carbonyl (C=O) groups excluding carboxylic acids is 1. The van der Waals surface area contributed by atoms with E-state index in [9.17, 15) is 14.7 Å². The number of hydrogen-bond donors (Lipinski definition) is 2. The largest absolute Gasteiger partial charge is 0.465 e. The number of aliphatic hydroxyl groups is 1. The van der Waals surface area contributed by atoms with Crippen molar-refractivity contribution in [1.29, 1.82) is 0 Å². The van der Waals surface area contributed by atoms with Gasteiger partial charge in [0.1, 0.15) is 15.5 Å². The minimum atomic E-state index is -0.667. The number of thiophene rings is 1. The summed E-state index contributed by atoms with van der Waals surface area (Å²) in [5, 5.41) is 10.8. The molecule has 0 aliphatic rings. The molecule has 1 unspecified atom stereocenters. The Morgan fingerprint density at radius 2 is 2.06 bits per heavy atom. The van der Waals surface area contributed by atoms with Crippen molar-refractivity contribution in [2.45, 2.75) is 52.4 Å². The summed E-state index contributed by atoms with van der Waals surface area (Å²) in [5.74, 6) is 0.0162. The highest BCUT2D eigenvalue weighted by atomic mass is 32.1. The molecule has 0 bridgehead atoms. The van der Waals surface area contributed by atoms with Gasteiger partial charge in [-0.2, -0.15) is 0 Å². The summed E-state index contributed by atoms with van der Waals surface area (Å²) in [7, 11) is 2.96. The monoisotopic (exact) mass is 455 g/mol. The maximum atomic E-state index is 12.8. The molecule has 0 saturated heterocycles. The molecule has 2 aromatic heterocycles. The average Bonchev–Trinajstić information content (AvgIpc) is 3.10. The number of nitrogens with zero attached hydrogens (tertiary/aromatic N) is 2. The third kappa shape index (κ3) is 7.08. The lowest BCUT2D eigenvalue weighted by Crippen LogP contribution is -2.37. The molecule has 0 radical (unpaired) electrons. The molecule has 9 nitrogen and oxygen atoms in total. The Morgan fingerprint density at radius 3 is 2.68 bits per heavy atom. The van der Waals surface area contributed by atoms with E-state index in [0.29, 0.717) is 59.1 Å². The topological polar surface area (TPSA) is 114 Å². The highest BCUT2D eigenvalue weighted by molar-refractivity contribution is 7.20. The van der Waals surface area contributed by atoms with E-state index in [-0.39, 0.29) is 18.3 Å². The maximum absolute atomic E-state index is 12.8. The molecule has 1 atom stereocenters. The lowest BCUT2D eigenvalue weighted by molar-refractivity contribution is -0.0106. The van der Waals surface area contributed by atoms with E-state index in [0.717, 1.165) is 6.42 Å². The SMILES string of the molecule is CCc1c(C(=O)OC)sc2nc(CN(CCCOC)CC(O)COC(C)C)[nH]c(=O)c12. The molecule has 174 valence electrons. The van der Waals surface area contributed by atoms with Crippen molar-refractivity contribution in [2.75, 3.05) is 40.5 Å². The van der Waals surface area contributed by atoms with Crippen LogP contribution in [0.25, 0.3) is 10.2 Å². The van der Waals surface area contributed by atoms with Crippen LogP contribution < -0.4 is 5.56 Å². The number of fused-ring (bicyclic) bond motifs is 1. The third-order valence-corrected chi connectivity index (χ3v) is 5.83. The summed E-state index contributed by atoms with van der Waals surface area (Å²) >= 11 is 1.17. The number of esters is 1. The number of aromatic nitrogens is 2. The third-order valence-electron chi connectivity index (χ3n) is 4.72. The fourth-order valence-electron chi connectivity index (χ4n) is 3.31. The summed E-state index contributed by atoms with van der Waals surface area (Å²) in [6.45, 7) is 7.92. The highest BCUT2D eigenvalue weighted by Crippen LogP contribution is 2.29. The summed E-state index contributed by atoms with van der Waals surface area (Å²) in [6.07, 6.45) is 0.665. The number of aryl methyl sites for hydroxylation is 1. The Morgan fingerprint density at radius 1 is 1.32 bits per heavy atom. The fraction of sp³-hybridized carbons (Fsp3) is 0.667. The van der Waals surface area contributed by atoms with Crippen LogP contribution in [0.4, 0.5) is 0 Å². The Bertz CT molecular complexity index is 910. The zero-order chi connectivity index (χ0) is 23.0. The zero-order valence-corrected chi connectivity index (χ0v) is 19.7. The van der Waals surface area contributed by atoms with Gasteiger partial charge in [0.25, 0.3) is 5.56 Å². The van der Waals surface area contributed by atoms with Crippen LogP contribution in [0.2, 0.25) is 0 Å². The Labute approximate surface area is 186 Å². The van der Waals surface area contributed by atoms with Crippen molar-refractivity contribution in [1.82, 2.24) is 14.9 Å². The lowest BCUT2D eigenvalue weighted by Gasteiger charge is -2.25. The first kappa shape index (κ1) is 25.4. The van der Waals surface area contributed by atoms with Crippen LogP contribution in [0, 0.1) is 0 Å². The molecular weight excluding hydrogens is 422 g/mol. The average molecular weight is 456 g/mol. The number of hydrogen-bond acceptors (Lipinski definition) is 9. The van der Waals surface area contributed by atoms with E-state index in [1.54, 1.807) is 7.11 Å². The quantitative estimate of drug-likeness (QED) is 0.348. The lowest BCUT2D eigenvalue weighted by atomic mass is 10.1. The maximum Gasteiger partial charge on any atom is 0.348 e. The van der Waals surface area contributed by atoms with Crippen molar-refractivity contribution in [3.05, 3.63) is 26.6 Å². The molecule has 31 heavy (non-hydrogen) atoms. The van der Waals surface area contributed by atoms with Crippen LogP contribution in [0.3, 0.4) is 0 Å². The number of methoxy groups -OCH3 is 2. The van der Waals surface area contributed by atoms with Crippen LogP contribution >= 0.6 is 11.3 Å². The summed E-state index contributed by atoms with van der Waals surface area (Å²) in [5.41, 5.74) is 0.383. The zero-order valence-electron chi connectivity index (χ0n) is 18.9. The van der Waals surface area contributed by atoms with E-state index < -0.39 is 12.1 Å². The summed E-state index contributed by atoms with van der Waals surface area (Å²) < 4.78 is 15.5. The van der Waals surface area contributed by atoms with E-state index in [1.807, 2.05) is 25.7 Å². The van der Waals surface area contributed by atoms with Gasteiger partial charge in [0, 0.05) is 26.8 Å². The van der Waals surface area contributed by atoms with Gasteiger partial charge in [-0.1, -0.05) is 6.92 Å². The van der Waals surface area contributed by atoms with Gasteiger partial charge in [0.05, 0.1) is 37.9 Å². The van der Waals surface area contributed by atoms with E-state index >= 15 is 0 Å². The smallest absolute Gasteiger partial charge is 0.348 e. The minimum Gasteiger partial charge on any atom is -0.465 e. The van der Waals surface area contributed by atoms with Gasteiger partial charge in [0.2, 0.25) is 0 Å². The van der Waals surface area contributed by atoms with Gasteiger partial charge in [0.15, 0.2) is 0 Å². The van der Waals surface area contributed by atoms with Gasteiger partial charge in [-0.15, -0.1) is 11.3 Å². The van der Waals surface area contributed by atoms with E-state index in [2.05, 4.69) is 9.97 Å². The summed E-state index contributed by atoms with van der Waals surface area (Å²) in [6, 6.07) is 0. The Kier molecular flexibility index (Phi) is 10.0. The predicted molar refractivity (Wildman–Crippen MR) is 120 cm³/mol. The Hall–Kier alpha value is -1.85. The molecule has 2 heterocycles. The molecular formula is C21H33N3O6S. The van der Waals surface area contributed by atoms with Crippen molar-refractivity contribution >= 4 is 27.5 Å². The van der Waals surface area contributed by atoms with Crippen molar-refractivity contribution in [2.24, 2.45) is 0 Å². The molecule has 10 heteroatoms. The minimum absolute atomic E-state index is 0.0348. The van der Waals surface area contributed by atoms with E-state index in [4.69, 9.17) is 14.2 Å². The summed E-state index contributed by atoms with van der Waals surface area (Å²) in [4.78, 5) is 35.3. The molecule has 2 rings (SSSR count). The molecule has 0 saturated carbocycles. The normalized spacial score (nSPS) is 12.8. The number of aliphatic hydroxyl groups excluding tert-OH is 1. The van der Waals surface area contributed by atoms with Gasteiger partial charge in [-0.25, -0.2) is 9.78 Å². The highest BCUT2D eigenvalue weighted by Gasteiger charge is 2.22. The number of rotatable bonds is 13. The van der Waals surface area contributed by atoms with Gasteiger partial charge >= 0.3 is 5.97 Å². The molecule has 2 aromatic rings. The second-order valence-corrected chi connectivity index (χ2v) is 8.56. The van der Waals surface area contributed by atoms with Crippen LogP contribution in [0.5, 0.6) is 0 Å². The number of carbonyl (C=O) groups is 1. The molecule has 0 amide bonds. The standard InChI is InChI=1S/C21H33N3O6S/c1-6-15-17-19(26)22-16(23-20(17)31-18(15)21(27)29-5)11-24(8-7-9-28-4)10-14(25)12-30-13(2)3/h13-14,25H,6-12H2,1-5H3,(H,22,23,26). The van der Waals surface area contributed by atoms with Gasteiger partial charge in [-0.3, -0.25) is 9.69 Å². The number of H-pyrrole nitrogens is 1. The van der Waals surface area contributed by atoms with E-state index in [1.165, 1.54) is 18.4 Å². The molecule has 0 aromatic carbocycles. The number of aromatic amines is 1. The molecule has 0 fully saturated rings. The number of ether oxygens (including phenoxy) is 3. The molecule has 0 aliphatic carbocycles. The van der Waals surface area contributed by atoms with Gasteiger partial charge < -0.3 is 24.3 Å². The number of nitrogens with one attached hydrogen (secondary N) is 1. The Balaban J connectivity index is 2.27. The predicted octanol–water partition coefficient (Wildman–Crippen LogP) is 1.96. The molecule has 0 spiro atoms. The molecule has 2 N–H and O–H groups in total. The van der Waals surface area contributed by atoms with Gasteiger partial charge in [-0.05, 0) is 32.3 Å². The molecule has 0 aliphatic heterocycles. The second-order valence-electron chi connectivity index (χ2n) is 7.57. The van der Waals surface area contributed by atoms with Crippen LogP contribution in [-0.4, -0.2) is 78.7 Å².